The van der Waals surface area contributed by atoms with E-state index in [9.17, 15) is 10.2 Å². The SMILES string of the molecule is CCC(O)CNCC(O)c1ccc(OC)cc1. The molecule has 0 fully saturated rings. The fourth-order valence-electron chi connectivity index (χ4n) is 1.47. The molecule has 0 aliphatic rings. The molecule has 96 valence electrons. The van der Waals surface area contributed by atoms with Gasteiger partial charge in [0.1, 0.15) is 5.75 Å². The van der Waals surface area contributed by atoms with Crippen LogP contribution in [0.2, 0.25) is 0 Å². The quantitative estimate of drug-likeness (QED) is 0.666. The molecule has 2 unspecified atom stereocenters. The van der Waals surface area contributed by atoms with Gasteiger partial charge in [-0.3, -0.25) is 0 Å². The first-order valence-electron chi connectivity index (χ1n) is 5.88. The minimum absolute atomic E-state index is 0.349. The van der Waals surface area contributed by atoms with Gasteiger partial charge in [0.05, 0.1) is 19.3 Å². The Morgan fingerprint density at radius 3 is 2.35 bits per heavy atom. The van der Waals surface area contributed by atoms with Crippen molar-refractivity contribution in [3.63, 3.8) is 0 Å². The normalized spacial score (nSPS) is 14.4. The lowest BCUT2D eigenvalue weighted by Crippen LogP contribution is -2.29. The van der Waals surface area contributed by atoms with Gasteiger partial charge in [-0.05, 0) is 24.1 Å². The number of hydrogen-bond acceptors (Lipinski definition) is 4. The van der Waals surface area contributed by atoms with E-state index in [0.29, 0.717) is 19.5 Å². The predicted octanol–water partition coefficient (Wildman–Crippen LogP) is 1.09. The summed E-state index contributed by atoms with van der Waals surface area (Å²) in [5.74, 6) is 0.773. The molecule has 0 aliphatic carbocycles. The smallest absolute Gasteiger partial charge is 0.118 e. The molecule has 4 heteroatoms. The molecular weight excluding hydrogens is 218 g/mol. The molecule has 1 rings (SSSR count). The Hall–Kier alpha value is -1.10. The molecule has 0 bridgehead atoms. The molecule has 0 saturated carbocycles. The zero-order chi connectivity index (χ0) is 12.7. The number of aliphatic hydroxyl groups is 2. The summed E-state index contributed by atoms with van der Waals surface area (Å²) in [5.41, 5.74) is 0.837. The average Bonchev–Trinajstić information content (AvgIpc) is 2.38. The maximum absolute atomic E-state index is 9.88. The Morgan fingerprint density at radius 1 is 1.18 bits per heavy atom. The molecule has 1 aromatic rings. The number of nitrogens with one attached hydrogen (secondary N) is 1. The minimum atomic E-state index is -0.565. The molecular formula is C13H21NO3. The Balaban J connectivity index is 2.38. The van der Waals surface area contributed by atoms with Gasteiger partial charge in [0, 0.05) is 13.1 Å². The van der Waals surface area contributed by atoms with Gasteiger partial charge in [-0.15, -0.1) is 0 Å². The van der Waals surface area contributed by atoms with Crippen molar-refractivity contribution >= 4 is 0 Å². The largest absolute Gasteiger partial charge is 0.497 e. The summed E-state index contributed by atoms with van der Waals surface area (Å²) in [4.78, 5) is 0. The highest BCUT2D eigenvalue weighted by Gasteiger charge is 2.08. The number of hydrogen-bond donors (Lipinski definition) is 3. The van der Waals surface area contributed by atoms with Gasteiger partial charge in [-0.1, -0.05) is 19.1 Å². The van der Waals surface area contributed by atoms with Crippen LogP contribution in [0.25, 0.3) is 0 Å². The van der Waals surface area contributed by atoms with E-state index in [-0.39, 0.29) is 6.10 Å². The van der Waals surface area contributed by atoms with Crippen LogP contribution in [0.1, 0.15) is 25.0 Å². The second-order valence-electron chi connectivity index (χ2n) is 4.01. The van der Waals surface area contributed by atoms with Crippen molar-refractivity contribution in [2.24, 2.45) is 0 Å². The van der Waals surface area contributed by atoms with Crippen molar-refractivity contribution in [3.05, 3.63) is 29.8 Å². The molecule has 0 saturated heterocycles. The molecule has 1 aromatic carbocycles. The molecule has 0 aliphatic heterocycles. The second kappa shape index (κ2) is 7.27. The number of benzene rings is 1. The number of methoxy groups -OCH3 is 1. The van der Waals surface area contributed by atoms with E-state index in [1.165, 1.54) is 0 Å². The first-order chi connectivity index (χ1) is 8.17. The van der Waals surface area contributed by atoms with Crippen LogP contribution in [0.4, 0.5) is 0 Å². The molecule has 17 heavy (non-hydrogen) atoms. The van der Waals surface area contributed by atoms with Crippen LogP contribution in [0.5, 0.6) is 5.75 Å². The van der Waals surface area contributed by atoms with Crippen molar-refractivity contribution in [1.29, 1.82) is 0 Å². The van der Waals surface area contributed by atoms with Gasteiger partial charge in [0.2, 0.25) is 0 Å². The van der Waals surface area contributed by atoms with Crippen molar-refractivity contribution in [2.45, 2.75) is 25.6 Å². The number of ether oxygens (including phenoxy) is 1. The van der Waals surface area contributed by atoms with Crippen LogP contribution in [-0.4, -0.2) is 36.5 Å². The van der Waals surface area contributed by atoms with Crippen molar-refractivity contribution in [1.82, 2.24) is 5.32 Å². The van der Waals surface area contributed by atoms with Crippen molar-refractivity contribution in [3.8, 4) is 5.75 Å². The molecule has 0 amide bonds. The van der Waals surface area contributed by atoms with E-state index < -0.39 is 6.10 Å². The summed E-state index contributed by atoms with van der Waals surface area (Å²) >= 11 is 0. The van der Waals surface area contributed by atoms with E-state index >= 15 is 0 Å². The standard InChI is InChI=1S/C13H21NO3/c1-3-11(15)8-14-9-13(16)10-4-6-12(17-2)7-5-10/h4-7,11,13-16H,3,8-9H2,1-2H3. The van der Waals surface area contributed by atoms with Crippen LogP contribution in [0, 0.1) is 0 Å². The summed E-state index contributed by atoms with van der Waals surface area (Å²) in [7, 11) is 1.61. The Labute approximate surface area is 102 Å². The first kappa shape index (κ1) is 14.0. The van der Waals surface area contributed by atoms with Gasteiger partial charge in [0.15, 0.2) is 0 Å². The maximum atomic E-state index is 9.88. The molecule has 4 nitrogen and oxygen atoms in total. The highest BCUT2D eigenvalue weighted by Crippen LogP contribution is 2.16. The predicted molar refractivity (Wildman–Crippen MR) is 67.1 cm³/mol. The number of rotatable bonds is 7. The maximum Gasteiger partial charge on any atom is 0.118 e. The Morgan fingerprint density at radius 2 is 1.82 bits per heavy atom. The first-order valence-corrected chi connectivity index (χ1v) is 5.88. The Bertz CT molecular complexity index is 313. The third-order valence-electron chi connectivity index (χ3n) is 2.69. The van der Waals surface area contributed by atoms with Crippen LogP contribution in [0.15, 0.2) is 24.3 Å². The monoisotopic (exact) mass is 239 g/mol. The topological polar surface area (TPSA) is 61.7 Å². The Kier molecular flexibility index (Phi) is 5.97. The van der Waals surface area contributed by atoms with Crippen LogP contribution in [0.3, 0.4) is 0 Å². The highest BCUT2D eigenvalue weighted by atomic mass is 16.5. The van der Waals surface area contributed by atoms with E-state index in [4.69, 9.17) is 4.74 Å². The zero-order valence-electron chi connectivity index (χ0n) is 10.4. The van der Waals surface area contributed by atoms with Gasteiger partial charge in [-0.2, -0.15) is 0 Å². The average molecular weight is 239 g/mol. The van der Waals surface area contributed by atoms with Crippen LogP contribution < -0.4 is 10.1 Å². The van der Waals surface area contributed by atoms with Gasteiger partial charge < -0.3 is 20.3 Å². The van der Waals surface area contributed by atoms with Crippen LogP contribution >= 0.6 is 0 Å². The molecule has 0 spiro atoms. The lowest BCUT2D eigenvalue weighted by Gasteiger charge is -2.14. The lowest BCUT2D eigenvalue weighted by molar-refractivity contribution is 0.144. The van der Waals surface area contributed by atoms with Gasteiger partial charge in [0.25, 0.3) is 0 Å². The van der Waals surface area contributed by atoms with E-state index in [1.54, 1.807) is 7.11 Å². The summed E-state index contributed by atoms with van der Waals surface area (Å²) in [6.07, 6.45) is -0.200. The fraction of sp³-hybridized carbons (Fsp3) is 0.538. The van der Waals surface area contributed by atoms with Crippen LogP contribution in [-0.2, 0) is 0 Å². The molecule has 3 N–H and O–H groups in total. The number of aliphatic hydroxyl groups excluding tert-OH is 2. The molecule has 0 radical (unpaired) electrons. The third-order valence-corrected chi connectivity index (χ3v) is 2.69. The zero-order valence-corrected chi connectivity index (χ0v) is 10.4. The lowest BCUT2D eigenvalue weighted by atomic mass is 10.1. The van der Waals surface area contributed by atoms with Crippen molar-refractivity contribution in [2.75, 3.05) is 20.2 Å². The molecule has 2 atom stereocenters. The summed E-state index contributed by atoms with van der Waals surface area (Å²) < 4.78 is 5.05. The van der Waals surface area contributed by atoms with Crippen molar-refractivity contribution < 1.29 is 14.9 Å². The summed E-state index contributed by atoms with van der Waals surface area (Å²) in [6.45, 7) is 2.86. The second-order valence-corrected chi connectivity index (χ2v) is 4.01. The summed E-state index contributed by atoms with van der Waals surface area (Å²) in [5, 5.41) is 22.3. The van der Waals surface area contributed by atoms with Gasteiger partial charge >= 0.3 is 0 Å². The van der Waals surface area contributed by atoms with E-state index in [1.807, 2.05) is 31.2 Å². The fourth-order valence-corrected chi connectivity index (χ4v) is 1.47. The van der Waals surface area contributed by atoms with E-state index in [0.717, 1.165) is 11.3 Å². The summed E-state index contributed by atoms with van der Waals surface area (Å²) in [6, 6.07) is 7.31. The third kappa shape index (κ3) is 4.73. The minimum Gasteiger partial charge on any atom is -0.497 e. The highest BCUT2D eigenvalue weighted by molar-refractivity contribution is 5.28. The molecule has 0 aromatic heterocycles. The molecule has 0 heterocycles. The van der Waals surface area contributed by atoms with E-state index in [2.05, 4.69) is 5.32 Å². The van der Waals surface area contributed by atoms with Gasteiger partial charge in [-0.25, -0.2) is 0 Å².